The van der Waals surface area contributed by atoms with Crippen molar-refractivity contribution in [3.63, 3.8) is 0 Å². The number of halogens is 3. The van der Waals surface area contributed by atoms with Crippen LogP contribution in [-0.4, -0.2) is 23.9 Å². The van der Waals surface area contributed by atoms with Gasteiger partial charge >= 0.3 is 6.18 Å². The molecule has 110 valence electrons. The molecule has 0 radical (unpaired) electrons. The molecular formula is C14H17F3N2O. The van der Waals surface area contributed by atoms with Gasteiger partial charge < -0.3 is 14.6 Å². The van der Waals surface area contributed by atoms with Crippen LogP contribution in [0.25, 0.3) is 10.9 Å². The standard InChI is InChI=1S/C14H17F3N2O/c1-2-18-8-12-5-3-4-11-6-7-19(13(11)12)10-20-9-14(15,16)17/h3-7,18H,2,8-10H2,1H3. The second kappa shape index (κ2) is 6.28. The molecule has 0 bridgehead atoms. The zero-order valence-corrected chi connectivity index (χ0v) is 11.2. The molecule has 1 aromatic carbocycles. The minimum Gasteiger partial charge on any atom is -0.351 e. The summed E-state index contributed by atoms with van der Waals surface area (Å²) >= 11 is 0. The zero-order chi connectivity index (χ0) is 14.6. The first-order chi connectivity index (χ1) is 9.51. The van der Waals surface area contributed by atoms with Crippen LogP contribution >= 0.6 is 0 Å². The Labute approximate surface area is 115 Å². The molecule has 3 nitrogen and oxygen atoms in total. The number of ether oxygens (including phenoxy) is 1. The SMILES string of the molecule is CCNCc1cccc2ccn(COCC(F)(F)F)c12. The quantitative estimate of drug-likeness (QED) is 0.882. The lowest BCUT2D eigenvalue weighted by atomic mass is 10.1. The topological polar surface area (TPSA) is 26.2 Å². The highest BCUT2D eigenvalue weighted by Gasteiger charge is 2.27. The maximum atomic E-state index is 12.1. The van der Waals surface area contributed by atoms with Crippen LogP contribution in [0.1, 0.15) is 12.5 Å². The molecule has 0 unspecified atom stereocenters. The van der Waals surface area contributed by atoms with E-state index in [4.69, 9.17) is 4.74 Å². The number of hydrogen-bond acceptors (Lipinski definition) is 2. The highest BCUT2D eigenvalue weighted by atomic mass is 19.4. The monoisotopic (exact) mass is 286 g/mol. The fraction of sp³-hybridized carbons (Fsp3) is 0.429. The predicted octanol–water partition coefficient (Wildman–Crippen LogP) is 3.29. The van der Waals surface area contributed by atoms with Crippen molar-refractivity contribution in [2.75, 3.05) is 13.2 Å². The number of nitrogens with zero attached hydrogens (tertiary/aromatic N) is 1. The Bertz CT molecular complexity index is 563. The average Bonchev–Trinajstić information content (AvgIpc) is 2.79. The lowest BCUT2D eigenvalue weighted by Crippen LogP contribution is -2.18. The first-order valence-corrected chi connectivity index (χ1v) is 6.43. The summed E-state index contributed by atoms with van der Waals surface area (Å²) in [6.45, 7) is 2.18. The zero-order valence-electron chi connectivity index (χ0n) is 11.2. The van der Waals surface area contributed by atoms with Crippen molar-refractivity contribution in [2.24, 2.45) is 0 Å². The maximum absolute atomic E-state index is 12.1. The van der Waals surface area contributed by atoms with Gasteiger partial charge in [0.15, 0.2) is 0 Å². The second-order valence-corrected chi connectivity index (χ2v) is 4.51. The molecule has 6 heteroatoms. The molecule has 0 aliphatic heterocycles. The molecule has 2 aromatic rings. The van der Waals surface area contributed by atoms with E-state index in [1.54, 1.807) is 10.8 Å². The molecule has 0 fully saturated rings. The molecule has 1 heterocycles. The van der Waals surface area contributed by atoms with E-state index < -0.39 is 12.8 Å². The van der Waals surface area contributed by atoms with Gasteiger partial charge in [0.05, 0.1) is 5.52 Å². The van der Waals surface area contributed by atoms with Crippen molar-refractivity contribution in [3.05, 3.63) is 36.0 Å². The van der Waals surface area contributed by atoms with E-state index in [9.17, 15) is 13.2 Å². The Hall–Kier alpha value is -1.53. The van der Waals surface area contributed by atoms with Gasteiger partial charge in [0, 0.05) is 12.7 Å². The molecule has 0 saturated heterocycles. The van der Waals surface area contributed by atoms with Crippen molar-refractivity contribution in [2.45, 2.75) is 26.4 Å². The van der Waals surface area contributed by atoms with Crippen LogP contribution in [0, 0.1) is 0 Å². The first-order valence-electron chi connectivity index (χ1n) is 6.43. The third-order valence-corrected chi connectivity index (χ3v) is 2.93. The van der Waals surface area contributed by atoms with Crippen molar-refractivity contribution >= 4 is 10.9 Å². The minimum atomic E-state index is -4.30. The molecule has 0 atom stereocenters. The van der Waals surface area contributed by atoms with Gasteiger partial charge in [-0.3, -0.25) is 0 Å². The Morgan fingerprint density at radius 3 is 2.75 bits per heavy atom. The molecule has 0 aliphatic rings. The Balaban J connectivity index is 2.16. The normalized spacial score (nSPS) is 12.2. The van der Waals surface area contributed by atoms with Crippen molar-refractivity contribution < 1.29 is 17.9 Å². The van der Waals surface area contributed by atoms with Gasteiger partial charge in [-0.1, -0.05) is 25.1 Å². The molecule has 0 aliphatic carbocycles. The van der Waals surface area contributed by atoms with E-state index in [1.165, 1.54) is 0 Å². The number of fused-ring (bicyclic) bond motifs is 1. The average molecular weight is 286 g/mol. The Kier molecular flexibility index (Phi) is 4.67. The predicted molar refractivity (Wildman–Crippen MR) is 71.3 cm³/mol. The van der Waals surface area contributed by atoms with Crippen LogP contribution in [0.3, 0.4) is 0 Å². The third kappa shape index (κ3) is 3.74. The van der Waals surface area contributed by atoms with Crippen LogP contribution in [-0.2, 0) is 18.0 Å². The fourth-order valence-corrected chi connectivity index (χ4v) is 2.11. The highest BCUT2D eigenvalue weighted by molar-refractivity contribution is 5.83. The summed E-state index contributed by atoms with van der Waals surface area (Å²) in [7, 11) is 0. The summed E-state index contributed by atoms with van der Waals surface area (Å²) in [5.74, 6) is 0. The van der Waals surface area contributed by atoms with E-state index in [1.807, 2.05) is 31.2 Å². The molecule has 0 saturated carbocycles. The second-order valence-electron chi connectivity index (χ2n) is 4.51. The van der Waals surface area contributed by atoms with E-state index in [0.717, 1.165) is 23.0 Å². The number of nitrogens with one attached hydrogen (secondary N) is 1. The summed E-state index contributed by atoms with van der Waals surface area (Å²) in [5.41, 5.74) is 1.96. The number of hydrogen-bond donors (Lipinski definition) is 1. The van der Waals surface area contributed by atoms with Crippen LogP contribution in [0.4, 0.5) is 13.2 Å². The van der Waals surface area contributed by atoms with Gasteiger partial charge in [-0.2, -0.15) is 13.2 Å². The Morgan fingerprint density at radius 1 is 1.25 bits per heavy atom. The summed E-state index contributed by atoms with van der Waals surface area (Å²) in [5, 5.41) is 4.22. The summed E-state index contributed by atoms with van der Waals surface area (Å²) in [6.07, 6.45) is -2.55. The van der Waals surface area contributed by atoms with Crippen LogP contribution in [0.2, 0.25) is 0 Å². The van der Waals surface area contributed by atoms with Gasteiger partial charge in [-0.05, 0) is 23.6 Å². The van der Waals surface area contributed by atoms with E-state index >= 15 is 0 Å². The van der Waals surface area contributed by atoms with E-state index in [0.29, 0.717) is 6.54 Å². The van der Waals surface area contributed by atoms with Crippen molar-refractivity contribution in [3.8, 4) is 0 Å². The molecular weight excluding hydrogens is 269 g/mol. The number of benzene rings is 1. The molecule has 1 aromatic heterocycles. The van der Waals surface area contributed by atoms with Crippen molar-refractivity contribution in [1.82, 2.24) is 9.88 Å². The van der Waals surface area contributed by atoms with Crippen LogP contribution in [0.15, 0.2) is 30.5 Å². The summed E-state index contributed by atoms with van der Waals surface area (Å²) in [4.78, 5) is 0. The molecule has 0 amide bonds. The van der Waals surface area contributed by atoms with Crippen LogP contribution < -0.4 is 5.32 Å². The number of alkyl halides is 3. The van der Waals surface area contributed by atoms with Crippen molar-refractivity contribution in [1.29, 1.82) is 0 Å². The maximum Gasteiger partial charge on any atom is 0.411 e. The van der Waals surface area contributed by atoms with Gasteiger partial charge in [-0.25, -0.2) is 0 Å². The largest absolute Gasteiger partial charge is 0.411 e. The lowest BCUT2D eigenvalue weighted by Gasteiger charge is -2.12. The number of rotatable bonds is 6. The minimum absolute atomic E-state index is 0.105. The molecule has 0 spiro atoms. The van der Waals surface area contributed by atoms with E-state index in [2.05, 4.69) is 5.32 Å². The van der Waals surface area contributed by atoms with Gasteiger partial charge in [-0.15, -0.1) is 0 Å². The first kappa shape index (κ1) is 14.9. The number of aromatic nitrogens is 1. The third-order valence-electron chi connectivity index (χ3n) is 2.93. The van der Waals surface area contributed by atoms with Crippen LogP contribution in [0.5, 0.6) is 0 Å². The molecule has 2 rings (SSSR count). The molecule has 1 N–H and O–H groups in total. The molecule has 20 heavy (non-hydrogen) atoms. The van der Waals surface area contributed by atoms with Gasteiger partial charge in [0.25, 0.3) is 0 Å². The Morgan fingerprint density at radius 2 is 2.05 bits per heavy atom. The van der Waals surface area contributed by atoms with E-state index in [-0.39, 0.29) is 6.73 Å². The van der Waals surface area contributed by atoms with Gasteiger partial charge in [0.1, 0.15) is 13.3 Å². The summed E-state index contributed by atoms with van der Waals surface area (Å²) < 4.78 is 42.7. The lowest BCUT2D eigenvalue weighted by molar-refractivity contribution is -0.181. The summed E-state index contributed by atoms with van der Waals surface area (Å²) in [6, 6.07) is 7.72. The smallest absolute Gasteiger partial charge is 0.351 e. The fourth-order valence-electron chi connectivity index (χ4n) is 2.11. The highest BCUT2D eigenvalue weighted by Crippen LogP contribution is 2.21. The number of para-hydroxylation sites is 1. The van der Waals surface area contributed by atoms with Gasteiger partial charge in [0.2, 0.25) is 0 Å².